The molecule has 66 valence electrons. The van der Waals surface area contributed by atoms with Crippen LogP contribution in [0.3, 0.4) is 0 Å². The van der Waals surface area contributed by atoms with E-state index in [0.29, 0.717) is 9.83 Å². The highest BCUT2D eigenvalue weighted by Gasteiger charge is 2.28. The van der Waals surface area contributed by atoms with Gasteiger partial charge in [-0.2, -0.15) is 37.9 Å². The topological polar surface area (TPSA) is 0 Å². The van der Waals surface area contributed by atoms with E-state index in [0.717, 1.165) is 16.8 Å². The highest BCUT2D eigenvalue weighted by molar-refractivity contribution is 8.21. The van der Waals surface area contributed by atoms with Crippen molar-refractivity contribution < 1.29 is 0 Å². The van der Waals surface area contributed by atoms with Crippen molar-refractivity contribution in [2.75, 3.05) is 17.3 Å². The molecule has 0 saturated carbocycles. The van der Waals surface area contributed by atoms with E-state index in [4.69, 9.17) is 0 Å². The first-order valence-electron chi connectivity index (χ1n) is 3.44. The van der Waals surface area contributed by atoms with Gasteiger partial charge in [0.1, 0.15) is 0 Å². The average Bonchev–Trinajstić information content (AvgIpc) is 2.50. The van der Waals surface area contributed by atoms with E-state index < -0.39 is 0 Å². The molecule has 5 heteroatoms. The molecule has 0 aromatic carbocycles. The Kier molecular flexibility index (Phi) is 5.39. The van der Waals surface area contributed by atoms with Crippen LogP contribution in [0.1, 0.15) is 0 Å². The Morgan fingerprint density at radius 3 is 2.64 bits per heavy atom. The van der Waals surface area contributed by atoms with Gasteiger partial charge in [0.2, 0.25) is 0 Å². The van der Waals surface area contributed by atoms with E-state index in [1.165, 1.54) is 5.75 Å². The molecule has 0 radical (unpaired) electrons. The third-order valence-electron chi connectivity index (χ3n) is 1.48. The van der Waals surface area contributed by atoms with Crippen molar-refractivity contribution >= 4 is 61.4 Å². The van der Waals surface area contributed by atoms with Crippen LogP contribution in [-0.2, 0) is 0 Å². The predicted octanol–water partition coefficient (Wildman–Crippen LogP) is 2.32. The van der Waals surface area contributed by atoms with Crippen LogP contribution in [0.25, 0.3) is 0 Å². The first-order valence-corrected chi connectivity index (χ1v) is 7.22. The molecule has 1 aliphatic rings. The largest absolute Gasteiger partial charge is 0.178 e. The second-order valence-corrected chi connectivity index (χ2v) is 6.71. The molecule has 3 unspecified atom stereocenters. The monoisotopic (exact) mass is 244 g/mol. The molecule has 1 fully saturated rings. The van der Waals surface area contributed by atoms with Crippen molar-refractivity contribution in [3.05, 3.63) is 0 Å². The molecule has 0 N–H and O–H groups in total. The van der Waals surface area contributed by atoms with Crippen LogP contribution < -0.4 is 0 Å². The van der Waals surface area contributed by atoms with Crippen molar-refractivity contribution in [3.63, 3.8) is 0 Å². The molecule has 11 heavy (non-hydrogen) atoms. The van der Waals surface area contributed by atoms with Crippen molar-refractivity contribution in [1.29, 1.82) is 0 Å². The van der Waals surface area contributed by atoms with Gasteiger partial charge in [0, 0.05) is 27.8 Å². The minimum absolute atomic E-state index is 0.429. The second kappa shape index (κ2) is 5.47. The average molecular weight is 244 g/mol. The fourth-order valence-corrected chi connectivity index (χ4v) is 5.54. The summed E-state index contributed by atoms with van der Waals surface area (Å²) >= 11 is 17.0. The van der Waals surface area contributed by atoms with Crippen LogP contribution >= 0.6 is 61.4 Å². The van der Waals surface area contributed by atoms with Gasteiger partial charge in [-0.15, -0.1) is 23.5 Å². The summed E-state index contributed by atoms with van der Waals surface area (Å²) in [4.78, 5) is 0. The molecule has 0 nitrogen and oxygen atoms in total. The molecule has 0 bridgehead atoms. The van der Waals surface area contributed by atoms with Gasteiger partial charge < -0.3 is 0 Å². The van der Waals surface area contributed by atoms with Gasteiger partial charge in [-0.25, -0.2) is 0 Å². The molecule has 0 aromatic heterocycles. The summed E-state index contributed by atoms with van der Waals surface area (Å²) in [5.41, 5.74) is 0. The Bertz CT molecular complexity index is 118. The lowest BCUT2D eigenvalue weighted by Gasteiger charge is -2.14. The van der Waals surface area contributed by atoms with Gasteiger partial charge in [0.15, 0.2) is 0 Å². The number of hydrogen-bond donors (Lipinski definition) is 3. The summed E-state index contributed by atoms with van der Waals surface area (Å²) in [6, 6.07) is 0. The van der Waals surface area contributed by atoms with Crippen molar-refractivity contribution in [2.45, 2.75) is 15.1 Å². The molecule has 3 atom stereocenters. The summed E-state index contributed by atoms with van der Waals surface area (Å²) in [6.07, 6.45) is 0. The number of hydrogen-bond acceptors (Lipinski definition) is 5. The standard InChI is InChI=1S/C6H12S5/c7-1-4-3-10-6(11-4)5(9)2-8/h4-9H,1-3H2. The predicted molar refractivity (Wildman–Crippen MR) is 68.1 cm³/mol. The Morgan fingerprint density at radius 1 is 1.45 bits per heavy atom. The quantitative estimate of drug-likeness (QED) is 0.652. The Balaban J connectivity index is 2.29. The van der Waals surface area contributed by atoms with Gasteiger partial charge in [-0.3, -0.25) is 0 Å². The maximum absolute atomic E-state index is 4.46. The van der Waals surface area contributed by atoms with Crippen molar-refractivity contribution in [1.82, 2.24) is 0 Å². The molecule has 0 amide bonds. The molecule has 1 heterocycles. The number of thioether (sulfide) groups is 2. The van der Waals surface area contributed by atoms with Crippen LogP contribution in [0.5, 0.6) is 0 Å². The molecule has 0 aliphatic carbocycles. The van der Waals surface area contributed by atoms with Gasteiger partial charge >= 0.3 is 0 Å². The molecule has 1 saturated heterocycles. The Labute approximate surface area is 93.3 Å². The van der Waals surface area contributed by atoms with E-state index in [1.54, 1.807) is 0 Å². The van der Waals surface area contributed by atoms with E-state index >= 15 is 0 Å². The van der Waals surface area contributed by atoms with Gasteiger partial charge in [-0.1, -0.05) is 0 Å². The summed E-state index contributed by atoms with van der Waals surface area (Å²) in [5, 5.41) is 1.15. The minimum atomic E-state index is 0.429. The lowest BCUT2D eigenvalue weighted by molar-refractivity contribution is 1.12. The zero-order chi connectivity index (χ0) is 8.27. The Morgan fingerprint density at radius 2 is 2.18 bits per heavy atom. The van der Waals surface area contributed by atoms with E-state index in [9.17, 15) is 0 Å². The van der Waals surface area contributed by atoms with Gasteiger partial charge in [0.05, 0.1) is 4.58 Å². The third-order valence-corrected chi connectivity index (χ3v) is 7.25. The van der Waals surface area contributed by atoms with Crippen molar-refractivity contribution in [2.24, 2.45) is 0 Å². The molecule has 1 aliphatic heterocycles. The second-order valence-electron chi connectivity index (χ2n) is 2.39. The molecular formula is C6H12S5. The van der Waals surface area contributed by atoms with Crippen LogP contribution in [-0.4, -0.2) is 32.3 Å². The number of rotatable bonds is 3. The first kappa shape index (κ1) is 10.8. The SMILES string of the molecule is SCC1CSC(C(S)CS)S1. The third kappa shape index (κ3) is 3.18. The van der Waals surface area contributed by atoms with Crippen molar-refractivity contribution in [3.8, 4) is 0 Å². The Hall–Kier alpha value is 1.75. The minimum Gasteiger partial charge on any atom is -0.178 e. The van der Waals surface area contributed by atoms with Crippen LogP contribution in [0.4, 0.5) is 0 Å². The summed E-state index contributed by atoms with van der Waals surface area (Å²) in [7, 11) is 0. The zero-order valence-corrected chi connectivity index (χ0v) is 10.3. The lowest BCUT2D eigenvalue weighted by atomic mass is 10.5. The molecule has 0 aromatic rings. The smallest absolute Gasteiger partial charge is 0.0630 e. The molecule has 0 spiro atoms. The van der Waals surface area contributed by atoms with E-state index in [2.05, 4.69) is 37.9 Å². The number of thiol groups is 3. The summed E-state index contributed by atoms with van der Waals surface area (Å²) in [6.45, 7) is 0. The maximum atomic E-state index is 4.46. The highest BCUT2D eigenvalue weighted by atomic mass is 32.2. The summed E-state index contributed by atoms with van der Waals surface area (Å²) in [5.74, 6) is 3.08. The van der Waals surface area contributed by atoms with E-state index in [-0.39, 0.29) is 0 Å². The fraction of sp³-hybridized carbons (Fsp3) is 1.00. The van der Waals surface area contributed by atoms with Crippen LogP contribution in [0.2, 0.25) is 0 Å². The van der Waals surface area contributed by atoms with Crippen LogP contribution in [0.15, 0.2) is 0 Å². The lowest BCUT2D eigenvalue weighted by Crippen LogP contribution is -2.13. The van der Waals surface area contributed by atoms with Gasteiger partial charge in [-0.05, 0) is 0 Å². The van der Waals surface area contributed by atoms with Gasteiger partial charge in [0.25, 0.3) is 0 Å². The molecule has 1 rings (SSSR count). The maximum Gasteiger partial charge on any atom is 0.0630 e. The van der Waals surface area contributed by atoms with Crippen LogP contribution in [0, 0.1) is 0 Å². The zero-order valence-electron chi connectivity index (χ0n) is 6.01. The first-order chi connectivity index (χ1) is 5.27. The highest BCUT2D eigenvalue weighted by Crippen LogP contribution is 2.41. The fourth-order valence-electron chi connectivity index (χ4n) is 0.854. The normalized spacial score (nSPS) is 34.1. The summed E-state index contributed by atoms with van der Waals surface area (Å²) < 4.78 is 0.632. The molecular weight excluding hydrogens is 232 g/mol. The van der Waals surface area contributed by atoms with E-state index in [1.807, 2.05) is 23.5 Å².